The number of para-hydroxylation sites is 1. The molecule has 0 atom stereocenters. The van der Waals surface area contributed by atoms with E-state index in [9.17, 15) is 9.90 Å². The smallest absolute Gasteiger partial charge is 0.410 e. The Kier molecular flexibility index (Phi) is 8.17. The van der Waals surface area contributed by atoms with Gasteiger partial charge in [0.1, 0.15) is 5.60 Å². The third-order valence-corrected chi connectivity index (χ3v) is 8.72. The van der Waals surface area contributed by atoms with E-state index in [1.165, 1.54) is 11.1 Å². The number of aliphatic hydroxyl groups is 1. The highest BCUT2D eigenvalue weighted by atomic mass is 16.6. The van der Waals surface area contributed by atoms with Crippen LogP contribution in [0.5, 0.6) is 0 Å². The summed E-state index contributed by atoms with van der Waals surface area (Å²) < 4.78 is 7.29. The highest BCUT2D eigenvalue weighted by molar-refractivity contribution is 5.90. The highest BCUT2D eigenvalue weighted by Gasteiger charge is 2.37. The number of nitrogens with one attached hydrogen (secondary N) is 2. The molecule has 3 N–H and O–H groups in total. The van der Waals surface area contributed by atoms with Gasteiger partial charge < -0.3 is 25.4 Å². The van der Waals surface area contributed by atoms with Crippen molar-refractivity contribution < 1.29 is 14.6 Å². The third kappa shape index (κ3) is 6.89. The number of piperidine rings is 1. The minimum absolute atomic E-state index is 0.308. The molecule has 11 nitrogen and oxygen atoms in total. The fourth-order valence-electron chi connectivity index (χ4n) is 6.28. The van der Waals surface area contributed by atoms with Crippen LogP contribution in [0, 0.1) is 13.8 Å². The first-order valence-electron chi connectivity index (χ1n) is 15.7. The van der Waals surface area contributed by atoms with Crippen molar-refractivity contribution in [2.75, 3.05) is 36.8 Å². The summed E-state index contributed by atoms with van der Waals surface area (Å²) in [6, 6.07) is 12.6. The number of rotatable bonds is 6. The Hall–Kier alpha value is -4.22. The standard InChI is InChI=1S/C34H44N8O3/c1-22-8-7-9-23(2)28(22)37-29-27-19-35-31(38-30(27)40(6)39-29)36-26-11-10-24-12-15-41(20-25(24)18-26)21-34(44)13-16-42(17-14-34)32(43)45-33(3,4)5/h7-11,18-19,44H,12-17,20-21H2,1-6H3,(H,37,39)(H,35,36,38). The van der Waals surface area contributed by atoms with E-state index in [0.717, 1.165) is 58.9 Å². The average Bonchev–Trinajstić information content (AvgIpc) is 3.28. The topological polar surface area (TPSA) is 121 Å². The van der Waals surface area contributed by atoms with Crippen LogP contribution in [0.2, 0.25) is 0 Å². The molecule has 1 fully saturated rings. The van der Waals surface area contributed by atoms with Crippen LogP contribution in [-0.2, 0) is 24.8 Å². The van der Waals surface area contributed by atoms with Gasteiger partial charge in [0.05, 0.1) is 11.0 Å². The molecule has 0 unspecified atom stereocenters. The second-order valence-corrected chi connectivity index (χ2v) is 13.6. The van der Waals surface area contributed by atoms with E-state index in [1.54, 1.807) is 9.58 Å². The number of aryl methyl sites for hydroxylation is 3. The molecule has 11 heteroatoms. The molecule has 238 valence electrons. The first kappa shape index (κ1) is 30.8. The van der Waals surface area contributed by atoms with E-state index in [-0.39, 0.29) is 6.09 Å². The van der Waals surface area contributed by atoms with Gasteiger partial charge in [-0.1, -0.05) is 24.3 Å². The van der Waals surface area contributed by atoms with Crippen LogP contribution in [0.1, 0.15) is 55.9 Å². The van der Waals surface area contributed by atoms with Gasteiger partial charge in [-0.15, -0.1) is 0 Å². The normalized spacial score (nSPS) is 16.8. The maximum atomic E-state index is 12.5. The lowest BCUT2D eigenvalue weighted by Gasteiger charge is -2.42. The van der Waals surface area contributed by atoms with Crippen molar-refractivity contribution in [3.8, 4) is 0 Å². The first-order chi connectivity index (χ1) is 21.4. The van der Waals surface area contributed by atoms with Crippen molar-refractivity contribution in [3.05, 3.63) is 64.8 Å². The Balaban J connectivity index is 1.10. The van der Waals surface area contributed by atoms with Crippen LogP contribution < -0.4 is 10.6 Å². The lowest BCUT2D eigenvalue weighted by molar-refractivity contribution is -0.0521. The van der Waals surface area contributed by atoms with Gasteiger partial charge in [-0.25, -0.2) is 14.5 Å². The summed E-state index contributed by atoms with van der Waals surface area (Å²) in [6.45, 7) is 13.0. The Morgan fingerprint density at radius 3 is 2.49 bits per heavy atom. The van der Waals surface area contributed by atoms with Crippen molar-refractivity contribution in [1.82, 2.24) is 29.5 Å². The fraction of sp³-hybridized carbons (Fsp3) is 0.471. The summed E-state index contributed by atoms with van der Waals surface area (Å²) in [5.41, 5.74) is 6.17. The van der Waals surface area contributed by atoms with Gasteiger partial charge in [-0.05, 0) is 88.3 Å². The average molecular weight is 613 g/mol. The molecule has 0 spiro atoms. The quantitative estimate of drug-likeness (QED) is 0.256. The number of aromatic nitrogens is 4. The maximum Gasteiger partial charge on any atom is 0.410 e. The Morgan fingerprint density at radius 1 is 1.04 bits per heavy atom. The molecule has 2 aliphatic rings. The zero-order valence-electron chi connectivity index (χ0n) is 27.1. The van der Waals surface area contributed by atoms with Crippen molar-refractivity contribution in [1.29, 1.82) is 0 Å². The molecule has 4 heterocycles. The molecule has 1 amide bonds. The molecule has 0 bridgehead atoms. The number of anilines is 4. The summed E-state index contributed by atoms with van der Waals surface area (Å²) in [5.74, 6) is 1.23. The molecule has 2 aliphatic heterocycles. The van der Waals surface area contributed by atoms with Gasteiger partial charge in [0.15, 0.2) is 11.5 Å². The first-order valence-corrected chi connectivity index (χ1v) is 15.7. The van der Waals surface area contributed by atoms with Crippen molar-refractivity contribution >= 4 is 40.3 Å². The number of carbonyl (C=O) groups is 1. The summed E-state index contributed by atoms with van der Waals surface area (Å²) in [5, 5.41) is 23.8. The number of β-amino-alcohol motifs (C(OH)–C–C–N with tert-alkyl or cyclic N) is 1. The van der Waals surface area contributed by atoms with Crippen LogP contribution in [0.25, 0.3) is 11.0 Å². The highest BCUT2D eigenvalue weighted by Crippen LogP contribution is 2.31. The van der Waals surface area contributed by atoms with Gasteiger partial charge in [-0.2, -0.15) is 10.1 Å². The van der Waals surface area contributed by atoms with E-state index in [1.807, 2.05) is 40.1 Å². The maximum absolute atomic E-state index is 12.5. The molecule has 6 rings (SSSR count). The number of amides is 1. The summed E-state index contributed by atoms with van der Waals surface area (Å²) in [4.78, 5) is 25.9. The molecule has 2 aromatic heterocycles. The molecular weight excluding hydrogens is 568 g/mol. The third-order valence-electron chi connectivity index (χ3n) is 8.72. The molecule has 4 aromatic rings. The molecule has 0 saturated carbocycles. The van der Waals surface area contributed by atoms with Crippen molar-refractivity contribution in [2.45, 2.75) is 71.6 Å². The molecular formula is C34H44N8O3. The SMILES string of the molecule is Cc1cccc(C)c1Nc1nn(C)c2nc(Nc3ccc4c(c3)CN(CC3(O)CCN(C(=O)OC(C)(C)C)CC3)CC4)ncc12. The van der Waals surface area contributed by atoms with Gasteiger partial charge in [0.2, 0.25) is 5.95 Å². The van der Waals surface area contributed by atoms with E-state index in [4.69, 9.17) is 9.72 Å². The lowest BCUT2D eigenvalue weighted by atomic mass is 9.89. The van der Waals surface area contributed by atoms with Crippen molar-refractivity contribution in [2.24, 2.45) is 7.05 Å². The number of likely N-dealkylation sites (tertiary alicyclic amines) is 1. The van der Waals surface area contributed by atoms with Crippen LogP contribution in [0.4, 0.5) is 27.9 Å². The minimum atomic E-state index is -0.830. The Labute approximate surface area is 264 Å². The molecule has 0 radical (unpaired) electrons. The predicted molar refractivity (Wildman–Crippen MR) is 176 cm³/mol. The molecule has 1 saturated heterocycles. The molecule has 45 heavy (non-hydrogen) atoms. The lowest BCUT2D eigenvalue weighted by Crippen LogP contribution is -2.53. The number of nitrogens with zero attached hydrogens (tertiary/aromatic N) is 6. The van der Waals surface area contributed by atoms with Gasteiger partial charge in [-0.3, -0.25) is 4.90 Å². The van der Waals surface area contributed by atoms with E-state index < -0.39 is 11.2 Å². The van der Waals surface area contributed by atoms with Gasteiger partial charge in [0, 0.05) is 57.3 Å². The molecule has 2 aromatic carbocycles. The predicted octanol–water partition coefficient (Wildman–Crippen LogP) is 5.59. The number of hydrogen-bond donors (Lipinski definition) is 3. The van der Waals surface area contributed by atoms with E-state index >= 15 is 0 Å². The second kappa shape index (κ2) is 11.9. The number of hydrogen-bond acceptors (Lipinski definition) is 9. The largest absolute Gasteiger partial charge is 0.444 e. The van der Waals surface area contributed by atoms with Crippen LogP contribution in [0.3, 0.4) is 0 Å². The van der Waals surface area contributed by atoms with E-state index in [0.29, 0.717) is 38.4 Å². The zero-order chi connectivity index (χ0) is 31.9. The number of carbonyl (C=O) groups excluding carboxylic acids is 1. The van der Waals surface area contributed by atoms with Crippen LogP contribution in [0.15, 0.2) is 42.6 Å². The fourth-order valence-corrected chi connectivity index (χ4v) is 6.28. The number of benzene rings is 2. The number of ether oxygens (including phenoxy) is 1. The zero-order valence-corrected chi connectivity index (χ0v) is 27.1. The van der Waals surface area contributed by atoms with Crippen LogP contribution >= 0.6 is 0 Å². The number of fused-ring (bicyclic) bond motifs is 2. The van der Waals surface area contributed by atoms with Gasteiger partial charge in [0.25, 0.3) is 0 Å². The Bertz CT molecular complexity index is 1700. The van der Waals surface area contributed by atoms with E-state index in [2.05, 4.69) is 69.8 Å². The summed E-state index contributed by atoms with van der Waals surface area (Å²) in [7, 11) is 1.89. The van der Waals surface area contributed by atoms with Crippen molar-refractivity contribution in [3.63, 3.8) is 0 Å². The summed E-state index contributed by atoms with van der Waals surface area (Å²) >= 11 is 0. The monoisotopic (exact) mass is 612 g/mol. The summed E-state index contributed by atoms with van der Waals surface area (Å²) in [6.07, 6.45) is 3.49. The second-order valence-electron chi connectivity index (χ2n) is 13.6. The minimum Gasteiger partial charge on any atom is -0.444 e. The van der Waals surface area contributed by atoms with Gasteiger partial charge >= 0.3 is 6.09 Å². The Morgan fingerprint density at radius 2 is 1.78 bits per heavy atom. The van der Waals surface area contributed by atoms with Crippen LogP contribution in [-0.4, -0.2) is 78.1 Å². The molecule has 0 aliphatic carbocycles.